The van der Waals surface area contributed by atoms with Crippen LogP contribution in [0.2, 0.25) is 0 Å². The van der Waals surface area contributed by atoms with E-state index in [1.54, 1.807) is 4.90 Å². The number of rotatable bonds is 10. The Balaban J connectivity index is 1.49. The lowest BCUT2D eigenvalue weighted by atomic mass is 9.87. The van der Waals surface area contributed by atoms with Crippen molar-refractivity contribution in [2.75, 3.05) is 14.1 Å². The number of unbranched alkanes of at least 4 members (excludes halogenated alkanes) is 1. The maximum Gasteiger partial charge on any atom is 0.222 e. The summed E-state index contributed by atoms with van der Waals surface area (Å²) in [6.07, 6.45) is 13.0. The van der Waals surface area contributed by atoms with Gasteiger partial charge >= 0.3 is 0 Å². The van der Waals surface area contributed by atoms with E-state index in [9.17, 15) is 15.0 Å². The molecule has 4 nitrogen and oxygen atoms in total. The van der Waals surface area contributed by atoms with E-state index in [4.69, 9.17) is 0 Å². The summed E-state index contributed by atoms with van der Waals surface area (Å²) in [4.78, 5) is 13.4. The van der Waals surface area contributed by atoms with Crippen LogP contribution in [-0.2, 0) is 11.2 Å². The molecule has 2 aliphatic rings. The minimum absolute atomic E-state index is 0.106. The third-order valence-electron chi connectivity index (χ3n) is 7.27. The zero-order chi connectivity index (χ0) is 23.3. The van der Waals surface area contributed by atoms with Crippen molar-refractivity contribution in [3.8, 4) is 0 Å². The summed E-state index contributed by atoms with van der Waals surface area (Å²) in [5.74, 6) is 1.18. The van der Waals surface area contributed by atoms with Crippen LogP contribution in [0.25, 0.3) is 0 Å². The molecule has 1 aromatic carbocycles. The van der Waals surface area contributed by atoms with Gasteiger partial charge in [-0.05, 0) is 76.2 Å². The number of fused-ring (bicyclic) bond motifs is 1. The van der Waals surface area contributed by atoms with Gasteiger partial charge in [-0.2, -0.15) is 0 Å². The smallest absolute Gasteiger partial charge is 0.222 e. The minimum Gasteiger partial charge on any atom is -0.392 e. The molecule has 3 rings (SSSR count). The maximum atomic E-state index is 11.7. The molecule has 1 aromatic rings. The van der Waals surface area contributed by atoms with Crippen LogP contribution in [0.15, 0.2) is 48.1 Å². The molecule has 0 spiro atoms. The highest BCUT2D eigenvalue weighted by Gasteiger charge is 2.43. The van der Waals surface area contributed by atoms with Crippen LogP contribution in [0.1, 0.15) is 63.0 Å². The normalized spacial score (nSPS) is 26.8. The Hall–Kier alpha value is -1.91. The zero-order valence-electron chi connectivity index (χ0n) is 20.3. The number of aryl methyl sites for hydroxylation is 2. The van der Waals surface area contributed by atoms with Crippen LogP contribution in [0.4, 0.5) is 0 Å². The van der Waals surface area contributed by atoms with Gasteiger partial charge in [0.2, 0.25) is 5.91 Å². The van der Waals surface area contributed by atoms with Gasteiger partial charge in [0.25, 0.3) is 0 Å². The highest BCUT2D eigenvalue weighted by atomic mass is 16.3. The van der Waals surface area contributed by atoms with Gasteiger partial charge in [-0.15, -0.1) is 0 Å². The summed E-state index contributed by atoms with van der Waals surface area (Å²) in [5, 5.41) is 21.5. The van der Waals surface area contributed by atoms with E-state index in [-0.39, 0.29) is 17.9 Å². The Morgan fingerprint density at radius 2 is 2.03 bits per heavy atom. The van der Waals surface area contributed by atoms with Gasteiger partial charge < -0.3 is 15.1 Å². The number of aliphatic hydroxyl groups excluding tert-OH is 1. The lowest BCUT2D eigenvalue weighted by Gasteiger charge is -2.23. The molecule has 0 aromatic heterocycles. The van der Waals surface area contributed by atoms with Crippen molar-refractivity contribution < 1.29 is 15.0 Å². The molecule has 176 valence electrons. The molecule has 1 saturated carbocycles. The van der Waals surface area contributed by atoms with Gasteiger partial charge in [-0.25, -0.2) is 0 Å². The topological polar surface area (TPSA) is 60.8 Å². The van der Waals surface area contributed by atoms with Gasteiger partial charge in [0, 0.05) is 26.4 Å². The Kier molecular flexibility index (Phi) is 8.35. The number of hydrogen-bond acceptors (Lipinski definition) is 3. The van der Waals surface area contributed by atoms with Crippen molar-refractivity contribution >= 4 is 5.91 Å². The fraction of sp³-hybridized carbons (Fsp3) is 0.607. The lowest BCUT2D eigenvalue weighted by Crippen LogP contribution is -2.24. The lowest BCUT2D eigenvalue weighted by molar-refractivity contribution is -0.128. The molecule has 0 radical (unpaired) electrons. The average molecular weight is 440 g/mol. The number of amides is 1. The second-order valence-electron chi connectivity index (χ2n) is 10.4. The van der Waals surface area contributed by atoms with E-state index in [0.29, 0.717) is 24.7 Å². The first-order valence-electron chi connectivity index (χ1n) is 12.2. The van der Waals surface area contributed by atoms with Crippen molar-refractivity contribution in [2.45, 2.75) is 76.9 Å². The molecule has 4 heteroatoms. The van der Waals surface area contributed by atoms with Crippen LogP contribution in [0.3, 0.4) is 0 Å². The van der Waals surface area contributed by atoms with Crippen LogP contribution in [0, 0.1) is 24.7 Å². The summed E-state index contributed by atoms with van der Waals surface area (Å²) in [6.45, 7) is 3.96. The number of hydrogen-bond donors (Lipinski definition) is 2. The number of carbonyl (C=O) groups excluding carboxylic acids is 1. The predicted molar refractivity (Wildman–Crippen MR) is 130 cm³/mol. The summed E-state index contributed by atoms with van der Waals surface area (Å²) < 4.78 is 0. The molecule has 1 amide bonds. The fourth-order valence-electron chi connectivity index (χ4n) is 5.31. The number of carbonyl (C=O) groups is 1. The number of nitrogens with zero attached hydrogens (tertiary/aromatic N) is 1. The van der Waals surface area contributed by atoms with Crippen molar-refractivity contribution in [1.29, 1.82) is 0 Å². The number of aliphatic hydroxyl groups is 2. The molecule has 0 heterocycles. The van der Waals surface area contributed by atoms with Crippen LogP contribution in [-0.4, -0.2) is 46.8 Å². The molecule has 2 N–H and O–H groups in total. The first-order chi connectivity index (χ1) is 15.1. The predicted octanol–water partition coefficient (Wildman–Crippen LogP) is 4.83. The zero-order valence-corrected chi connectivity index (χ0v) is 20.3. The molecule has 0 bridgehead atoms. The molecule has 1 fully saturated rings. The first-order valence-corrected chi connectivity index (χ1v) is 12.2. The summed E-state index contributed by atoms with van der Waals surface area (Å²) >= 11 is 0. The van der Waals surface area contributed by atoms with Crippen molar-refractivity contribution in [2.24, 2.45) is 17.8 Å². The second kappa shape index (κ2) is 10.8. The number of allylic oxidation sites excluding steroid dienone is 2. The molecule has 32 heavy (non-hydrogen) atoms. The third kappa shape index (κ3) is 6.79. The monoisotopic (exact) mass is 439 g/mol. The van der Waals surface area contributed by atoms with Gasteiger partial charge in [0.1, 0.15) is 0 Å². The molecule has 5 atom stereocenters. The van der Waals surface area contributed by atoms with Crippen LogP contribution in [0.5, 0.6) is 0 Å². The number of benzene rings is 1. The Labute approximate surface area is 194 Å². The van der Waals surface area contributed by atoms with Crippen LogP contribution < -0.4 is 0 Å². The summed E-state index contributed by atoms with van der Waals surface area (Å²) in [6, 6.07) is 8.44. The quantitative estimate of drug-likeness (QED) is 0.406. The van der Waals surface area contributed by atoms with Gasteiger partial charge in [0.15, 0.2) is 0 Å². The second-order valence-corrected chi connectivity index (χ2v) is 10.4. The fourth-order valence-corrected chi connectivity index (χ4v) is 5.31. The minimum atomic E-state index is -0.880. The van der Waals surface area contributed by atoms with Gasteiger partial charge in [-0.1, -0.05) is 53.6 Å². The van der Waals surface area contributed by atoms with E-state index in [0.717, 1.165) is 38.5 Å². The highest BCUT2D eigenvalue weighted by Crippen LogP contribution is 2.48. The summed E-state index contributed by atoms with van der Waals surface area (Å²) in [5.41, 5.74) is 3.09. The van der Waals surface area contributed by atoms with E-state index >= 15 is 0 Å². The Morgan fingerprint density at radius 3 is 2.75 bits per heavy atom. The standard InChI is InChI=1S/C28H41NO3/c1-20-8-7-10-21(16-20)12-14-28(2,32)15-13-24-25-18-22(17-23(25)19-26(24)30)9-5-6-11-27(31)29(3)4/h7-8,10,13,15-17,23-26,30,32H,5-6,9,11-12,14,18-19H2,1-4H3/t23-,24+,25-,26+,28+/m0/s1. The van der Waals surface area contributed by atoms with E-state index in [1.807, 2.05) is 27.1 Å². The largest absolute Gasteiger partial charge is 0.392 e. The molecular formula is C28H41NO3. The molecular weight excluding hydrogens is 398 g/mol. The highest BCUT2D eigenvalue weighted by molar-refractivity contribution is 5.75. The summed E-state index contributed by atoms with van der Waals surface area (Å²) in [7, 11) is 3.61. The van der Waals surface area contributed by atoms with Crippen molar-refractivity contribution in [1.82, 2.24) is 4.90 Å². The Bertz CT molecular complexity index is 839. The van der Waals surface area contributed by atoms with Crippen molar-refractivity contribution in [3.63, 3.8) is 0 Å². The third-order valence-corrected chi connectivity index (χ3v) is 7.27. The molecule has 0 aliphatic heterocycles. The molecule has 2 aliphatic carbocycles. The van der Waals surface area contributed by atoms with E-state index in [2.05, 4.69) is 43.3 Å². The van der Waals surface area contributed by atoms with E-state index in [1.165, 1.54) is 16.7 Å². The van der Waals surface area contributed by atoms with Crippen LogP contribution >= 0.6 is 0 Å². The van der Waals surface area contributed by atoms with Gasteiger partial charge in [0.05, 0.1) is 11.7 Å². The average Bonchev–Trinajstić information content (AvgIpc) is 3.24. The molecule has 0 saturated heterocycles. The maximum absolute atomic E-state index is 11.7. The SMILES string of the molecule is Cc1cccc(CC[C@@](C)(O)C=C[C@@H]2[C@H]3CC(CCCCC(=O)N(C)C)=C[C@H]3C[C@H]2O)c1. The Morgan fingerprint density at radius 1 is 1.25 bits per heavy atom. The van der Waals surface area contributed by atoms with Crippen molar-refractivity contribution in [3.05, 3.63) is 59.2 Å². The molecule has 0 unspecified atom stereocenters. The first kappa shape index (κ1) is 24.7. The van der Waals surface area contributed by atoms with Gasteiger partial charge in [-0.3, -0.25) is 4.79 Å². The van der Waals surface area contributed by atoms with E-state index < -0.39 is 5.60 Å².